The number of nitrogens with two attached hydrogens (primary N) is 1. The number of hydrogen-bond donors (Lipinski definition) is 1. The maximum Gasteiger partial charge on any atom is 0.136 e. The molecule has 14 heavy (non-hydrogen) atoms. The molecule has 0 radical (unpaired) electrons. The van der Waals surface area contributed by atoms with Crippen LogP contribution in [0.1, 0.15) is 39.0 Å². The fourth-order valence-electron chi connectivity index (χ4n) is 1.75. The minimum absolute atomic E-state index is 0.0273. The highest BCUT2D eigenvalue weighted by molar-refractivity contribution is 5.80. The van der Waals surface area contributed by atoms with Gasteiger partial charge in [-0.3, -0.25) is 4.79 Å². The molecule has 2 N–H and O–H groups in total. The number of carbonyl (C=O) groups is 1. The molecule has 0 aromatic rings. The summed E-state index contributed by atoms with van der Waals surface area (Å²) in [6.07, 6.45) is 5.41. The fourth-order valence-corrected chi connectivity index (χ4v) is 1.75. The maximum atomic E-state index is 11.4. The first-order chi connectivity index (χ1) is 6.74. The molecule has 1 rings (SSSR count). The standard InChI is InChI=1S/C11H21NO2/c1-9(8-12)11(13)6-2-4-10-5-3-7-14-10/h9-10H,2-8,12H2,1H3. The molecule has 0 spiro atoms. The second-order valence-electron chi connectivity index (χ2n) is 4.13. The predicted molar refractivity (Wildman–Crippen MR) is 56.1 cm³/mol. The van der Waals surface area contributed by atoms with Gasteiger partial charge in [0.25, 0.3) is 0 Å². The van der Waals surface area contributed by atoms with Crippen LogP contribution in [0.2, 0.25) is 0 Å². The predicted octanol–water partition coefficient (Wildman–Crippen LogP) is 1.50. The van der Waals surface area contributed by atoms with Gasteiger partial charge in [0.2, 0.25) is 0 Å². The largest absolute Gasteiger partial charge is 0.378 e. The number of ketones is 1. The second kappa shape index (κ2) is 6.14. The zero-order chi connectivity index (χ0) is 10.4. The van der Waals surface area contributed by atoms with Gasteiger partial charge in [0.15, 0.2) is 0 Å². The highest BCUT2D eigenvalue weighted by Gasteiger charge is 2.16. The molecule has 0 amide bonds. The normalized spacial score (nSPS) is 23.7. The Balaban J connectivity index is 2.05. The summed E-state index contributed by atoms with van der Waals surface area (Å²) in [6, 6.07) is 0. The average molecular weight is 199 g/mol. The van der Waals surface area contributed by atoms with Gasteiger partial charge in [-0.25, -0.2) is 0 Å². The van der Waals surface area contributed by atoms with Gasteiger partial charge in [0.1, 0.15) is 5.78 Å². The van der Waals surface area contributed by atoms with Gasteiger partial charge < -0.3 is 10.5 Å². The monoisotopic (exact) mass is 199 g/mol. The van der Waals surface area contributed by atoms with Crippen molar-refractivity contribution in [3.63, 3.8) is 0 Å². The van der Waals surface area contributed by atoms with E-state index in [1.54, 1.807) is 0 Å². The van der Waals surface area contributed by atoms with E-state index in [9.17, 15) is 4.79 Å². The maximum absolute atomic E-state index is 11.4. The number of hydrogen-bond acceptors (Lipinski definition) is 3. The van der Waals surface area contributed by atoms with Gasteiger partial charge in [-0.2, -0.15) is 0 Å². The van der Waals surface area contributed by atoms with Crippen molar-refractivity contribution in [2.75, 3.05) is 13.2 Å². The van der Waals surface area contributed by atoms with Crippen molar-refractivity contribution in [1.82, 2.24) is 0 Å². The quantitative estimate of drug-likeness (QED) is 0.705. The van der Waals surface area contributed by atoms with Crippen molar-refractivity contribution in [2.45, 2.75) is 45.1 Å². The Kier molecular flexibility index (Phi) is 5.12. The van der Waals surface area contributed by atoms with Crippen molar-refractivity contribution < 1.29 is 9.53 Å². The first kappa shape index (κ1) is 11.7. The number of rotatable bonds is 6. The highest BCUT2D eigenvalue weighted by atomic mass is 16.5. The minimum atomic E-state index is 0.0273. The van der Waals surface area contributed by atoms with E-state index in [1.165, 1.54) is 12.8 Å². The summed E-state index contributed by atoms with van der Waals surface area (Å²) in [5, 5.41) is 0. The summed E-state index contributed by atoms with van der Waals surface area (Å²) >= 11 is 0. The van der Waals surface area contributed by atoms with Crippen LogP contribution in [0.25, 0.3) is 0 Å². The molecule has 1 aliphatic heterocycles. The first-order valence-electron chi connectivity index (χ1n) is 5.58. The van der Waals surface area contributed by atoms with Crippen LogP contribution in [-0.4, -0.2) is 25.0 Å². The molecule has 3 heteroatoms. The van der Waals surface area contributed by atoms with Crippen molar-refractivity contribution in [3.05, 3.63) is 0 Å². The second-order valence-corrected chi connectivity index (χ2v) is 4.13. The lowest BCUT2D eigenvalue weighted by Crippen LogP contribution is -2.20. The Labute approximate surface area is 86.0 Å². The molecule has 0 aromatic carbocycles. The van der Waals surface area contributed by atoms with Gasteiger partial charge in [0, 0.05) is 25.5 Å². The molecule has 1 heterocycles. The molecule has 1 saturated heterocycles. The molecule has 0 aliphatic carbocycles. The van der Waals surface area contributed by atoms with Crippen molar-refractivity contribution in [3.8, 4) is 0 Å². The van der Waals surface area contributed by atoms with Crippen molar-refractivity contribution in [2.24, 2.45) is 11.7 Å². The third-order valence-electron chi connectivity index (χ3n) is 2.88. The van der Waals surface area contributed by atoms with E-state index in [0.717, 1.165) is 19.4 Å². The minimum Gasteiger partial charge on any atom is -0.378 e. The molecule has 2 atom stereocenters. The zero-order valence-corrected chi connectivity index (χ0v) is 9.00. The van der Waals surface area contributed by atoms with Crippen LogP contribution in [0.5, 0.6) is 0 Å². The molecular weight excluding hydrogens is 178 g/mol. The summed E-state index contributed by atoms with van der Waals surface area (Å²) in [5.41, 5.74) is 5.42. The van der Waals surface area contributed by atoms with Crippen molar-refractivity contribution >= 4 is 5.78 Å². The smallest absolute Gasteiger partial charge is 0.136 e. The highest BCUT2D eigenvalue weighted by Crippen LogP contribution is 2.18. The SMILES string of the molecule is CC(CN)C(=O)CCCC1CCCO1. The average Bonchev–Trinajstić information content (AvgIpc) is 2.69. The molecule has 82 valence electrons. The lowest BCUT2D eigenvalue weighted by molar-refractivity contribution is -0.122. The van der Waals surface area contributed by atoms with Gasteiger partial charge in [-0.1, -0.05) is 6.92 Å². The van der Waals surface area contributed by atoms with Crippen LogP contribution >= 0.6 is 0 Å². The van der Waals surface area contributed by atoms with Crippen LogP contribution in [0, 0.1) is 5.92 Å². The topological polar surface area (TPSA) is 52.3 Å². The molecule has 0 saturated carbocycles. The Morgan fingerprint density at radius 1 is 1.64 bits per heavy atom. The van der Waals surface area contributed by atoms with Gasteiger partial charge >= 0.3 is 0 Å². The van der Waals surface area contributed by atoms with Crippen LogP contribution in [0.4, 0.5) is 0 Å². The summed E-state index contributed by atoms with van der Waals surface area (Å²) in [6.45, 7) is 3.27. The van der Waals surface area contributed by atoms with E-state index in [-0.39, 0.29) is 5.92 Å². The lowest BCUT2D eigenvalue weighted by atomic mass is 10.00. The third-order valence-corrected chi connectivity index (χ3v) is 2.88. The van der Waals surface area contributed by atoms with Crippen LogP contribution in [0.3, 0.4) is 0 Å². The van der Waals surface area contributed by atoms with E-state index < -0.39 is 0 Å². The Morgan fingerprint density at radius 2 is 2.43 bits per heavy atom. The molecule has 0 aromatic heterocycles. The van der Waals surface area contributed by atoms with E-state index in [4.69, 9.17) is 10.5 Å². The summed E-state index contributed by atoms with van der Waals surface area (Å²) in [7, 11) is 0. The number of ether oxygens (including phenoxy) is 1. The zero-order valence-electron chi connectivity index (χ0n) is 9.00. The summed E-state index contributed by atoms with van der Waals surface area (Å²) in [5.74, 6) is 0.324. The molecule has 1 aliphatic rings. The Morgan fingerprint density at radius 3 is 3.00 bits per heavy atom. The van der Waals surface area contributed by atoms with E-state index in [0.29, 0.717) is 24.9 Å². The van der Waals surface area contributed by atoms with Crippen molar-refractivity contribution in [1.29, 1.82) is 0 Å². The Hall–Kier alpha value is -0.410. The fraction of sp³-hybridized carbons (Fsp3) is 0.909. The first-order valence-corrected chi connectivity index (χ1v) is 5.58. The summed E-state index contributed by atoms with van der Waals surface area (Å²) < 4.78 is 5.49. The Bertz CT molecular complexity index is 176. The molecule has 2 unspecified atom stereocenters. The van der Waals surface area contributed by atoms with E-state index in [1.807, 2.05) is 6.92 Å². The van der Waals surface area contributed by atoms with Crippen LogP contribution in [-0.2, 0) is 9.53 Å². The third kappa shape index (κ3) is 3.76. The lowest BCUT2D eigenvalue weighted by Gasteiger charge is -2.10. The summed E-state index contributed by atoms with van der Waals surface area (Å²) in [4.78, 5) is 11.4. The van der Waals surface area contributed by atoms with Crippen LogP contribution < -0.4 is 5.73 Å². The molecule has 3 nitrogen and oxygen atoms in total. The number of carbonyl (C=O) groups excluding carboxylic acids is 1. The van der Waals surface area contributed by atoms with Crippen LogP contribution in [0.15, 0.2) is 0 Å². The van der Waals surface area contributed by atoms with Gasteiger partial charge in [-0.05, 0) is 25.7 Å². The molecule has 0 bridgehead atoms. The molecular formula is C11H21NO2. The number of Topliss-reactive ketones (excluding diaryl/α,β-unsaturated/α-hetero) is 1. The van der Waals surface area contributed by atoms with E-state index in [2.05, 4.69) is 0 Å². The van der Waals surface area contributed by atoms with Gasteiger partial charge in [0.05, 0.1) is 6.10 Å². The molecule has 1 fully saturated rings. The van der Waals surface area contributed by atoms with E-state index >= 15 is 0 Å². The van der Waals surface area contributed by atoms with Gasteiger partial charge in [-0.15, -0.1) is 0 Å².